The van der Waals surface area contributed by atoms with Crippen LogP contribution in [-0.2, 0) is 22.4 Å². The van der Waals surface area contributed by atoms with E-state index < -0.39 is 0 Å². The Balaban J connectivity index is -0.000000180. The van der Waals surface area contributed by atoms with Crippen molar-refractivity contribution in [3.05, 3.63) is 0 Å². The van der Waals surface area contributed by atoms with E-state index in [2.05, 4.69) is 20.8 Å². The summed E-state index contributed by atoms with van der Waals surface area (Å²) in [6, 6.07) is 0. The Bertz CT molecular complexity index is 34.5. The van der Waals surface area contributed by atoms with Crippen LogP contribution in [0.4, 0.5) is 0 Å². The zero-order valence-electron chi connectivity index (χ0n) is 5.87. The van der Waals surface area contributed by atoms with E-state index in [0.717, 1.165) is 0 Å². The molecule has 0 N–H and O–H groups in total. The molecule has 0 aromatic carbocycles. The molecule has 9 heavy (non-hydrogen) atoms. The molecule has 0 aliphatic carbocycles. The molecule has 0 aromatic rings. The van der Waals surface area contributed by atoms with Gasteiger partial charge in [-0.1, -0.05) is 20.8 Å². The first-order valence-corrected chi connectivity index (χ1v) is 4.97. The van der Waals surface area contributed by atoms with Crippen LogP contribution in [0.3, 0.4) is 0 Å². The van der Waals surface area contributed by atoms with Crippen LogP contribution in [-0.4, -0.2) is 48.0 Å². The van der Waals surface area contributed by atoms with Gasteiger partial charge in [-0.05, 0) is 18.5 Å². The van der Waals surface area contributed by atoms with Crippen molar-refractivity contribution >= 4 is 37.5 Å². The fraction of sp³-hybridized carbons (Fsp3) is 1.00. The van der Waals surface area contributed by atoms with Gasteiger partial charge in [0.1, 0.15) is 0 Å². The fourth-order valence-electron chi connectivity index (χ4n) is 0.671. The van der Waals surface area contributed by atoms with Gasteiger partial charge in [-0.25, -0.2) is 0 Å². The van der Waals surface area contributed by atoms with E-state index in [4.69, 9.17) is 0 Å². The quantitative estimate of drug-likeness (QED) is 0.544. The maximum atomic E-state index is 2.29. The molecular formula is C6H16AuNaP. The van der Waals surface area contributed by atoms with Crippen molar-refractivity contribution in [3.63, 3.8) is 0 Å². The molecule has 0 spiro atoms. The van der Waals surface area contributed by atoms with Gasteiger partial charge in [-0.15, -0.1) is 7.92 Å². The second kappa shape index (κ2) is 12.8. The number of hydrogen-bond acceptors (Lipinski definition) is 0. The summed E-state index contributed by atoms with van der Waals surface area (Å²) < 4.78 is 0. The maximum absolute atomic E-state index is 2.29. The van der Waals surface area contributed by atoms with Crippen molar-refractivity contribution < 1.29 is 22.4 Å². The molecule has 0 aromatic heterocycles. The van der Waals surface area contributed by atoms with E-state index in [1.165, 1.54) is 18.5 Å². The van der Waals surface area contributed by atoms with Gasteiger partial charge in [-0.2, -0.15) is 0 Å². The first kappa shape index (κ1) is 17.3. The third-order valence-corrected chi connectivity index (χ3v) is 4.02. The molecule has 0 unspecified atom stereocenters. The van der Waals surface area contributed by atoms with Crippen molar-refractivity contribution in [2.24, 2.45) is 0 Å². The Morgan fingerprint density at radius 2 is 1.11 bits per heavy atom. The molecule has 1 radical (unpaired) electrons. The van der Waals surface area contributed by atoms with Crippen LogP contribution in [0.25, 0.3) is 0 Å². The SMILES string of the molecule is CCP(CC)CC.[Au].[NaH]. The molecule has 0 atom stereocenters. The second-order valence-electron chi connectivity index (χ2n) is 1.62. The molecule has 0 aliphatic heterocycles. The van der Waals surface area contributed by atoms with Gasteiger partial charge in [0.25, 0.3) is 0 Å². The van der Waals surface area contributed by atoms with Crippen LogP contribution < -0.4 is 0 Å². The van der Waals surface area contributed by atoms with E-state index in [1.54, 1.807) is 0 Å². The fourth-order valence-corrected chi connectivity index (χ4v) is 2.01. The summed E-state index contributed by atoms with van der Waals surface area (Å²) in [7, 11) is 0.446. The van der Waals surface area contributed by atoms with Crippen LogP contribution in [0, 0.1) is 0 Å². The molecule has 0 nitrogen and oxygen atoms in total. The summed E-state index contributed by atoms with van der Waals surface area (Å²) in [5, 5.41) is 0. The molecule has 0 saturated heterocycles. The molecule has 0 aliphatic rings. The van der Waals surface area contributed by atoms with E-state index in [9.17, 15) is 0 Å². The first-order valence-electron chi connectivity index (χ1n) is 3.07. The molecule has 0 fully saturated rings. The van der Waals surface area contributed by atoms with Gasteiger partial charge < -0.3 is 0 Å². The standard InChI is InChI=1S/C6H15P.Au.Na.H/c1-4-7(5-2)6-3;;;/h4-6H2,1-3H3;;;. The third-order valence-electron chi connectivity index (χ3n) is 1.34. The van der Waals surface area contributed by atoms with E-state index in [1.807, 2.05) is 0 Å². The van der Waals surface area contributed by atoms with Crippen LogP contribution in [0.5, 0.6) is 0 Å². The molecule has 0 amide bonds. The van der Waals surface area contributed by atoms with Gasteiger partial charge in [0.05, 0.1) is 0 Å². The Labute approximate surface area is 98.1 Å². The zero-order valence-corrected chi connectivity index (χ0v) is 8.93. The predicted octanol–water partition coefficient (Wildman–Crippen LogP) is 1.88. The average Bonchev–Trinajstić information content (AvgIpc) is 1.72. The molecule has 0 rings (SSSR count). The summed E-state index contributed by atoms with van der Waals surface area (Å²) in [4.78, 5) is 0. The molecule has 3 heteroatoms. The van der Waals surface area contributed by atoms with Gasteiger partial charge in [0.2, 0.25) is 0 Å². The second-order valence-corrected chi connectivity index (χ2v) is 4.86. The molecular weight excluding hydrogens is 323 g/mol. The van der Waals surface area contributed by atoms with Crippen LogP contribution >= 0.6 is 7.92 Å². The summed E-state index contributed by atoms with van der Waals surface area (Å²) in [6.07, 6.45) is 4.26. The summed E-state index contributed by atoms with van der Waals surface area (Å²) in [5.74, 6) is 0. The Morgan fingerprint density at radius 3 is 1.11 bits per heavy atom. The molecule has 0 saturated carbocycles. The molecule has 0 heterocycles. The zero-order chi connectivity index (χ0) is 5.70. The minimum atomic E-state index is 0. The van der Waals surface area contributed by atoms with Crippen molar-refractivity contribution in [2.75, 3.05) is 18.5 Å². The van der Waals surface area contributed by atoms with Crippen molar-refractivity contribution in [3.8, 4) is 0 Å². The topological polar surface area (TPSA) is 0 Å². The summed E-state index contributed by atoms with van der Waals surface area (Å²) in [5.41, 5.74) is 0. The van der Waals surface area contributed by atoms with Crippen molar-refractivity contribution in [1.29, 1.82) is 0 Å². The van der Waals surface area contributed by atoms with Gasteiger partial charge in [0, 0.05) is 22.4 Å². The van der Waals surface area contributed by atoms with Gasteiger partial charge in [-0.3, -0.25) is 0 Å². The monoisotopic (exact) mass is 339 g/mol. The first-order chi connectivity index (χ1) is 3.35. The third kappa shape index (κ3) is 10.2. The number of rotatable bonds is 3. The van der Waals surface area contributed by atoms with Crippen molar-refractivity contribution in [2.45, 2.75) is 20.8 Å². The number of hydrogen-bond donors (Lipinski definition) is 0. The molecule has 0 bridgehead atoms. The van der Waals surface area contributed by atoms with Gasteiger partial charge >= 0.3 is 29.6 Å². The molecule has 57 valence electrons. The Kier molecular flexibility index (Phi) is 24.6. The minimum absolute atomic E-state index is 0. The van der Waals surface area contributed by atoms with E-state index >= 15 is 0 Å². The van der Waals surface area contributed by atoms with Crippen LogP contribution in [0.15, 0.2) is 0 Å². The predicted molar refractivity (Wildman–Crippen MR) is 45.7 cm³/mol. The Morgan fingerprint density at radius 1 is 0.889 bits per heavy atom. The van der Waals surface area contributed by atoms with Gasteiger partial charge in [0.15, 0.2) is 0 Å². The van der Waals surface area contributed by atoms with E-state index in [0.29, 0.717) is 7.92 Å². The summed E-state index contributed by atoms with van der Waals surface area (Å²) in [6.45, 7) is 6.87. The van der Waals surface area contributed by atoms with E-state index in [-0.39, 0.29) is 51.9 Å². The van der Waals surface area contributed by atoms with Crippen molar-refractivity contribution in [1.82, 2.24) is 0 Å². The normalized spacial score (nSPS) is 8.00. The van der Waals surface area contributed by atoms with Crippen LogP contribution in [0.1, 0.15) is 20.8 Å². The Hall–Kier alpha value is 2.17. The average molecular weight is 339 g/mol. The summed E-state index contributed by atoms with van der Waals surface area (Å²) >= 11 is 0. The van der Waals surface area contributed by atoms with Crippen LogP contribution in [0.2, 0.25) is 0 Å².